The molecule has 2 aromatic rings. The molecule has 2 rings (SSSR count). The van der Waals surface area contributed by atoms with Crippen molar-refractivity contribution in [2.75, 3.05) is 11.4 Å². The Hall–Kier alpha value is -3.03. The Morgan fingerprint density at radius 1 is 0.938 bits per heavy atom. The van der Waals surface area contributed by atoms with Crippen LogP contribution in [0.3, 0.4) is 0 Å². The van der Waals surface area contributed by atoms with Crippen LogP contribution in [0.1, 0.15) is 32.8 Å². The fourth-order valence-corrected chi connectivity index (χ4v) is 2.32. The Kier molecular flexibility index (Phi) is 12.8. The van der Waals surface area contributed by atoms with Gasteiger partial charge in [-0.2, -0.15) is 26.3 Å². The fourth-order valence-electron chi connectivity index (χ4n) is 2.32. The average Bonchev–Trinajstić information content (AvgIpc) is 2.70. The number of carbonyl (C=O) groups excluding carboxylic acids is 1. The van der Waals surface area contributed by atoms with E-state index in [1.807, 2.05) is 19.9 Å². The Balaban J connectivity index is 0.00000104. The van der Waals surface area contributed by atoms with Gasteiger partial charge in [-0.3, -0.25) is 4.79 Å². The number of hydrogen-bond donors (Lipinski definition) is 0. The minimum Gasteiger partial charge on any atom is -0.347 e. The van der Waals surface area contributed by atoms with E-state index in [9.17, 15) is 31.1 Å². The standard InChI is InChI=1S/C19H18F3NO.C3H6.C2H3F3/c1-2-13-23(16-11-7-4-8-12-16)14-17(18(24)19(20,21)22)15-9-5-3-6-10-15;1-3-2;1-2(3,4)5/h3-12,14H,2,13H2,1H3;3H,1H2,2H3;1H3/b17-14-;;. The van der Waals surface area contributed by atoms with Crippen molar-refractivity contribution in [3.8, 4) is 0 Å². The lowest BCUT2D eigenvalue weighted by molar-refractivity contribution is -0.164. The molecule has 0 unspecified atom stereocenters. The van der Waals surface area contributed by atoms with Gasteiger partial charge in [0.1, 0.15) is 0 Å². The van der Waals surface area contributed by atoms with E-state index < -0.39 is 18.1 Å². The molecule has 2 aromatic carbocycles. The molecule has 0 fully saturated rings. The first kappa shape index (κ1) is 29.0. The maximum absolute atomic E-state index is 13.0. The zero-order chi connectivity index (χ0) is 24.8. The summed E-state index contributed by atoms with van der Waals surface area (Å²) in [7, 11) is 0. The molecule has 0 aromatic heterocycles. The normalized spacial score (nSPS) is 11.3. The van der Waals surface area contributed by atoms with Gasteiger partial charge in [0.25, 0.3) is 5.78 Å². The molecular weight excluding hydrogens is 432 g/mol. The highest BCUT2D eigenvalue weighted by Crippen LogP contribution is 2.28. The summed E-state index contributed by atoms with van der Waals surface area (Å²) in [5, 5.41) is 0. The molecule has 0 saturated carbocycles. The number of anilines is 1. The number of halogens is 6. The highest BCUT2D eigenvalue weighted by atomic mass is 19.4. The Labute approximate surface area is 184 Å². The van der Waals surface area contributed by atoms with Crippen molar-refractivity contribution < 1.29 is 31.1 Å². The number of rotatable bonds is 6. The van der Waals surface area contributed by atoms with Crippen LogP contribution in [-0.2, 0) is 4.79 Å². The lowest BCUT2D eigenvalue weighted by Gasteiger charge is -2.22. The fraction of sp³-hybridized carbons (Fsp3) is 0.292. The number of Topliss-reactive ketones (excluding diaryl/α,β-unsaturated/α-hetero) is 1. The molecule has 0 aliphatic rings. The number of allylic oxidation sites excluding steroid dienone is 2. The van der Waals surface area contributed by atoms with Crippen LogP contribution in [0.2, 0.25) is 0 Å². The molecule has 176 valence electrons. The largest absolute Gasteiger partial charge is 0.454 e. The van der Waals surface area contributed by atoms with E-state index in [0.717, 1.165) is 12.1 Å². The van der Waals surface area contributed by atoms with Gasteiger partial charge in [0, 0.05) is 25.4 Å². The maximum atomic E-state index is 13.0. The van der Waals surface area contributed by atoms with E-state index in [1.165, 1.54) is 18.3 Å². The van der Waals surface area contributed by atoms with Crippen LogP contribution < -0.4 is 4.90 Å². The maximum Gasteiger partial charge on any atom is 0.454 e. The van der Waals surface area contributed by atoms with Crippen LogP contribution in [-0.4, -0.2) is 24.7 Å². The van der Waals surface area contributed by atoms with Gasteiger partial charge in [-0.25, -0.2) is 0 Å². The Bertz CT molecular complexity index is 821. The zero-order valence-corrected chi connectivity index (χ0v) is 18.2. The van der Waals surface area contributed by atoms with Gasteiger partial charge in [-0.15, -0.1) is 6.58 Å². The number of nitrogens with zero attached hydrogens (tertiary/aromatic N) is 1. The van der Waals surface area contributed by atoms with Crippen LogP contribution in [0.4, 0.5) is 32.0 Å². The van der Waals surface area contributed by atoms with E-state index in [4.69, 9.17) is 0 Å². The van der Waals surface area contributed by atoms with E-state index >= 15 is 0 Å². The molecule has 0 N–H and O–H groups in total. The first-order valence-electron chi connectivity index (χ1n) is 9.69. The second kappa shape index (κ2) is 14.1. The molecule has 0 spiro atoms. The number of benzene rings is 2. The molecule has 0 radical (unpaired) electrons. The van der Waals surface area contributed by atoms with Crippen molar-refractivity contribution >= 4 is 17.0 Å². The van der Waals surface area contributed by atoms with E-state index in [-0.39, 0.29) is 18.1 Å². The van der Waals surface area contributed by atoms with Crippen molar-refractivity contribution in [3.05, 3.63) is 85.1 Å². The summed E-state index contributed by atoms with van der Waals surface area (Å²) >= 11 is 0. The Morgan fingerprint density at radius 2 is 1.34 bits per heavy atom. The zero-order valence-electron chi connectivity index (χ0n) is 18.2. The van der Waals surface area contributed by atoms with Gasteiger partial charge >= 0.3 is 12.4 Å². The van der Waals surface area contributed by atoms with E-state index in [0.29, 0.717) is 6.54 Å². The summed E-state index contributed by atoms with van der Waals surface area (Å²) in [5.74, 6) is -1.84. The highest BCUT2D eigenvalue weighted by molar-refractivity contribution is 6.23. The SMILES string of the molecule is C=CC.CC(F)(F)F.CCCN(/C=C(\C(=O)C(F)(F)F)c1ccccc1)c1ccccc1. The van der Waals surface area contributed by atoms with Crippen LogP contribution in [0.15, 0.2) is 79.5 Å². The third-order valence-corrected chi connectivity index (χ3v) is 3.42. The van der Waals surface area contributed by atoms with Crippen molar-refractivity contribution in [2.45, 2.75) is 39.5 Å². The van der Waals surface area contributed by atoms with Crippen LogP contribution >= 0.6 is 0 Å². The van der Waals surface area contributed by atoms with Crippen molar-refractivity contribution in [2.24, 2.45) is 0 Å². The number of alkyl halides is 6. The smallest absolute Gasteiger partial charge is 0.347 e. The molecule has 8 heteroatoms. The summed E-state index contributed by atoms with van der Waals surface area (Å²) < 4.78 is 70.1. The molecular formula is C24H27F6NO. The van der Waals surface area contributed by atoms with Gasteiger partial charge in [0.2, 0.25) is 0 Å². The van der Waals surface area contributed by atoms with Crippen molar-refractivity contribution in [1.82, 2.24) is 0 Å². The number of para-hydroxylation sites is 1. The summed E-state index contributed by atoms with van der Waals surface area (Å²) in [6.07, 6.45) is -5.14. The predicted octanol–water partition coefficient (Wildman–Crippen LogP) is 7.84. The molecule has 0 heterocycles. The lowest BCUT2D eigenvalue weighted by Crippen LogP contribution is -2.26. The minimum absolute atomic E-state index is 0.188. The van der Waals surface area contributed by atoms with Crippen molar-refractivity contribution in [1.29, 1.82) is 0 Å². The number of ketones is 1. The highest BCUT2D eigenvalue weighted by Gasteiger charge is 2.41. The summed E-state index contributed by atoms with van der Waals surface area (Å²) in [6.45, 7) is 7.87. The molecule has 0 aliphatic heterocycles. The molecule has 0 saturated heterocycles. The first-order chi connectivity index (χ1) is 14.8. The Morgan fingerprint density at radius 3 is 1.72 bits per heavy atom. The molecule has 32 heavy (non-hydrogen) atoms. The molecule has 0 amide bonds. The molecule has 2 nitrogen and oxygen atoms in total. The van der Waals surface area contributed by atoms with Gasteiger partial charge in [0.15, 0.2) is 0 Å². The van der Waals surface area contributed by atoms with Gasteiger partial charge in [-0.05, 0) is 31.0 Å². The topological polar surface area (TPSA) is 20.3 Å². The second-order valence-corrected chi connectivity index (χ2v) is 6.45. The van der Waals surface area contributed by atoms with Crippen LogP contribution in [0.5, 0.6) is 0 Å². The van der Waals surface area contributed by atoms with Crippen LogP contribution in [0, 0.1) is 0 Å². The summed E-state index contributed by atoms with van der Waals surface area (Å²) in [6, 6.07) is 17.0. The summed E-state index contributed by atoms with van der Waals surface area (Å²) in [4.78, 5) is 13.6. The van der Waals surface area contributed by atoms with Gasteiger partial charge in [-0.1, -0.05) is 61.5 Å². The quantitative estimate of drug-likeness (QED) is 0.249. The van der Waals surface area contributed by atoms with Gasteiger partial charge < -0.3 is 4.90 Å². The second-order valence-electron chi connectivity index (χ2n) is 6.45. The lowest BCUT2D eigenvalue weighted by atomic mass is 10.0. The number of hydrogen-bond acceptors (Lipinski definition) is 2. The van der Waals surface area contributed by atoms with E-state index in [1.54, 1.807) is 53.4 Å². The van der Waals surface area contributed by atoms with Crippen molar-refractivity contribution in [3.63, 3.8) is 0 Å². The van der Waals surface area contributed by atoms with Gasteiger partial charge in [0.05, 0.1) is 5.57 Å². The first-order valence-corrected chi connectivity index (χ1v) is 9.69. The molecule has 0 aliphatic carbocycles. The van der Waals surface area contributed by atoms with E-state index in [2.05, 4.69) is 6.58 Å². The predicted molar refractivity (Wildman–Crippen MR) is 117 cm³/mol. The average molecular weight is 459 g/mol. The van der Waals surface area contributed by atoms with Crippen LogP contribution in [0.25, 0.3) is 5.57 Å². The summed E-state index contributed by atoms with van der Waals surface area (Å²) in [5.41, 5.74) is 0.625. The number of carbonyl (C=O) groups is 1. The molecule has 0 atom stereocenters. The monoisotopic (exact) mass is 459 g/mol. The third-order valence-electron chi connectivity index (χ3n) is 3.42. The molecule has 0 bridgehead atoms. The minimum atomic E-state index is -4.92. The third kappa shape index (κ3) is 12.6.